The van der Waals surface area contributed by atoms with Crippen molar-refractivity contribution in [2.75, 3.05) is 6.61 Å². The first-order valence-electron chi connectivity index (χ1n) is 7.90. The fourth-order valence-electron chi connectivity index (χ4n) is 3.98. The van der Waals surface area contributed by atoms with E-state index >= 15 is 0 Å². The molecule has 5 heteroatoms. The molecule has 3 fully saturated rings. The Bertz CT molecular complexity index is 502. The molecule has 4 rings (SSSR count). The minimum Gasteiger partial charge on any atom is -0.375 e. The number of hydrogen-bond donors (Lipinski definition) is 1. The molecule has 0 unspecified atom stereocenters. The Morgan fingerprint density at radius 3 is 3.14 bits per heavy atom. The smallest absolute Gasteiger partial charge is 0.220 e. The fraction of sp³-hybridized carbons (Fsp3) is 0.750. The lowest BCUT2D eigenvalue weighted by Crippen LogP contribution is -2.52. The Balaban J connectivity index is 1.57. The molecule has 2 saturated heterocycles. The summed E-state index contributed by atoms with van der Waals surface area (Å²) in [4.78, 5) is 16.0. The number of hydrogen-bond acceptors (Lipinski definition) is 3. The molecule has 1 saturated carbocycles. The van der Waals surface area contributed by atoms with E-state index < -0.39 is 0 Å². The summed E-state index contributed by atoms with van der Waals surface area (Å²) in [5, 5.41) is 3.18. The molecule has 0 aromatic carbocycles. The molecule has 1 aromatic heterocycles. The Kier molecular flexibility index (Phi) is 3.78. The first-order chi connectivity index (χ1) is 9.99. The Labute approximate surface area is 126 Å². The van der Waals surface area contributed by atoms with E-state index in [1.54, 1.807) is 6.20 Å². The van der Waals surface area contributed by atoms with Crippen molar-refractivity contribution in [3.63, 3.8) is 0 Å². The van der Waals surface area contributed by atoms with E-state index in [-0.39, 0.29) is 17.0 Å². The zero-order chi connectivity index (χ0) is 14.9. The number of ether oxygens (including phenoxy) is 1. The van der Waals surface area contributed by atoms with Gasteiger partial charge in [-0.05, 0) is 45.4 Å². The van der Waals surface area contributed by atoms with E-state index in [1.165, 1.54) is 0 Å². The third kappa shape index (κ3) is 3.12. The van der Waals surface area contributed by atoms with E-state index in [1.807, 2.05) is 12.5 Å². The van der Waals surface area contributed by atoms with E-state index in [2.05, 4.69) is 28.7 Å². The Morgan fingerprint density at radius 2 is 2.38 bits per heavy atom. The molecule has 21 heavy (non-hydrogen) atoms. The van der Waals surface area contributed by atoms with Crippen molar-refractivity contribution in [3.05, 3.63) is 18.7 Å². The zero-order valence-corrected chi connectivity index (χ0v) is 13.0. The van der Waals surface area contributed by atoms with Gasteiger partial charge in [0, 0.05) is 37.5 Å². The molecular weight excluding hydrogens is 266 g/mol. The van der Waals surface area contributed by atoms with Gasteiger partial charge in [-0.1, -0.05) is 0 Å². The number of amides is 1. The SMILES string of the molecule is C[C@]12CC[C@H](CC(=O)N1)[C@](C)(OCCCn1ccnc1)C2. The van der Waals surface area contributed by atoms with Crippen LogP contribution in [0.5, 0.6) is 0 Å². The molecule has 3 aliphatic rings. The van der Waals surface area contributed by atoms with Gasteiger partial charge in [-0.15, -0.1) is 0 Å². The predicted molar refractivity (Wildman–Crippen MR) is 79.7 cm³/mol. The zero-order valence-electron chi connectivity index (χ0n) is 13.0. The first kappa shape index (κ1) is 14.6. The molecule has 3 atom stereocenters. The number of aryl methyl sites for hydroxylation is 1. The average Bonchev–Trinajstić information content (AvgIpc) is 2.83. The summed E-state index contributed by atoms with van der Waals surface area (Å²) in [6, 6.07) is 0. The highest BCUT2D eigenvalue weighted by Gasteiger charge is 2.50. The summed E-state index contributed by atoms with van der Waals surface area (Å²) < 4.78 is 8.34. The first-order valence-corrected chi connectivity index (χ1v) is 7.90. The number of rotatable bonds is 5. The van der Waals surface area contributed by atoms with Crippen molar-refractivity contribution in [2.45, 2.75) is 63.6 Å². The highest BCUT2D eigenvalue weighted by Crippen LogP contribution is 2.45. The van der Waals surface area contributed by atoms with Crippen molar-refractivity contribution in [3.8, 4) is 0 Å². The molecule has 0 spiro atoms. The van der Waals surface area contributed by atoms with E-state index in [0.717, 1.165) is 38.8 Å². The lowest BCUT2D eigenvalue weighted by atomic mass is 9.69. The second-order valence-electron chi connectivity index (χ2n) is 7.04. The van der Waals surface area contributed by atoms with Crippen LogP contribution in [0.4, 0.5) is 0 Å². The number of fused-ring (bicyclic) bond motifs is 4. The number of carbonyl (C=O) groups is 1. The quantitative estimate of drug-likeness (QED) is 0.846. The fourth-order valence-corrected chi connectivity index (χ4v) is 3.98. The van der Waals surface area contributed by atoms with Gasteiger partial charge in [0.05, 0.1) is 11.9 Å². The lowest BCUT2D eigenvalue weighted by molar-refractivity contribution is -0.124. The average molecular weight is 291 g/mol. The van der Waals surface area contributed by atoms with Gasteiger partial charge in [0.1, 0.15) is 0 Å². The molecule has 116 valence electrons. The predicted octanol–water partition coefficient (Wildman–Crippen LogP) is 2.13. The Morgan fingerprint density at radius 1 is 1.52 bits per heavy atom. The molecule has 2 bridgehead atoms. The van der Waals surface area contributed by atoms with Crippen LogP contribution >= 0.6 is 0 Å². The second kappa shape index (κ2) is 5.44. The topological polar surface area (TPSA) is 56.1 Å². The summed E-state index contributed by atoms with van der Waals surface area (Å²) in [6.07, 6.45) is 10.2. The van der Waals surface area contributed by atoms with Crippen molar-refractivity contribution >= 4 is 5.91 Å². The van der Waals surface area contributed by atoms with E-state index in [9.17, 15) is 4.79 Å². The van der Waals surface area contributed by atoms with Crippen LogP contribution in [-0.4, -0.2) is 33.2 Å². The molecule has 1 N–H and O–H groups in total. The molecule has 2 aliphatic heterocycles. The molecule has 1 amide bonds. The number of carbonyl (C=O) groups excluding carboxylic acids is 1. The highest BCUT2D eigenvalue weighted by atomic mass is 16.5. The van der Waals surface area contributed by atoms with Gasteiger partial charge >= 0.3 is 0 Å². The summed E-state index contributed by atoms with van der Waals surface area (Å²) in [7, 11) is 0. The van der Waals surface area contributed by atoms with Crippen molar-refractivity contribution in [1.29, 1.82) is 0 Å². The normalized spacial score (nSPS) is 35.5. The van der Waals surface area contributed by atoms with Crippen LogP contribution in [0.25, 0.3) is 0 Å². The van der Waals surface area contributed by atoms with Crippen LogP contribution in [0, 0.1) is 5.92 Å². The van der Waals surface area contributed by atoms with Gasteiger partial charge in [-0.2, -0.15) is 0 Å². The van der Waals surface area contributed by atoms with Gasteiger partial charge in [0.25, 0.3) is 0 Å². The van der Waals surface area contributed by atoms with Crippen LogP contribution in [0.2, 0.25) is 0 Å². The number of nitrogens with zero attached hydrogens (tertiary/aromatic N) is 2. The standard InChI is InChI=1S/C16H25N3O2/c1-15-5-4-13(10-14(20)18-15)16(2,11-15)21-9-3-7-19-8-6-17-12-19/h6,8,12-13H,3-5,7,9-11H2,1-2H3,(H,18,20)/t13-,15-,16-/m1/s1. The van der Waals surface area contributed by atoms with Crippen LogP contribution in [-0.2, 0) is 16.1 Å². The van der Waals surface area contributed by atoms with Crippen molar-refractivity contribution in [2.24, 2.45) is 5.92 Å². The van der Waals surface area contributed by atoms with Crippen LogP contribution < -0.4 is 5.32 Å². The summed E-state index contributed by atoms with van der Waals surface area (Å²) in [5.74, 6) is 0.534. The monoisotopic (exact) mass is 291 g/mol. The largest absolute Gasteiger partial charge is 0.375 e. The molecule has 3 heterocycles. The molecule has 1 aliphatic carbocycles. The minimum absolute atomic E-state index is 0.0941. The highest BCUT2D eigenvalue weighted by molar-refractivity contribution is 5.78. The van der Waals surface area contributed by atoms with E-state index in [0.29, 0.717) is 12.3 Å². The third-order valence-electron chi connectivity index (χ3n) is 5.07. The molecule has 5 nitrogen and oxygen atoms in total. The van der Waals surface area contributed by atoms with Crippen LogP contribution in [0.1, 0.15) is 46.0 Å². The van der Waals surface area contributed by atoms with Crippen molar-refractivity contribution < 1.29 is 9.53 Å². The lowest BCUT2D eigenvalue weighted by Gasteiger charge is -2.46. The van der Waals surface area contributed by atoms with Gasteiger partial charge in [0.15, 0.2) is 0 Å². The summed E-state index contributed by atoms with van der Waals surface area (Å²) >= 11 is 0. The molecule has 0 radical (unpaired) electrons. The second-order valence-corrected chi connectivity index (χ2v) is 7.04. The van der Waals surface area contributed by atoms with Gasteiger partial charge < -0.3 is 14.6 Å². The van der Waals surface area contributed by atoms with Gasteiger partial charge in [-0.3, -0.25) is 4.79 Å². The van der Waals surface area contributed by atoms with Crippen LogP contribution in [0.15, 0.2) is 18.7 Å². The maximum atomic E-state index is 11.9. The van der Waals surface area contributed by atoms with Crippen LogP contribution in [0.3, 0.4) is 0 Å². The third-order valence-corrected chi connectivity index (χ3v) is 5.07. The maximum Gasteiger partial charge on any atom is 0.220 e. The van der Waals surface area contributed by atoms with E-state index in [4.69, 9.17) is 4.74 Å². The van der Waals surface area contributed by atoms with Gasteiger partial charge in [0.2, 0.25) is 5.91 Å². The van der Waals surface area contributed by atoms with Gasteiger partial charge in [-0.25, -0.2) is 4.98 Å². The maximum absolute atomic E-state index is 11.9. The summed E-state index contributed by atoms with van der Waals surface area (Å²) in [5.41, 5.74) is -0.274. The number of aromatic nitrogens is 2. The Hall–Kier alpha value is -1.36. The molecular formula is C16H25N3O2. The number of nitrogens with one attached hydrogen (secondary N) is 1. The number of imidazole rings is 1. The molecule has 1 aromatic rings. The minimum atomic E-state index is -0.179. The summed E-state index contributed by atoms with van der Waals surface area (Å²) in [6.45, 7) is 6.00. The van der Waals surface area contributed by atoms with Crippen molar-refractivity contribution in [1.82, 2.24) is 14.9 Å².